The number of halogens is 4. The summed E-state index contributed by atoms with van der Waals surface area (Å²) >= 11 is 3.18. The number of fused-ring (bicyclic) bond motifs is 2. The number of aromatic nitrogens is 2. The smallest absolute Gasteiger partial charge is 0.250 e. The van der Waals surface area contributed by atoms with E-state index in [2.05, 4.69) is 31.2 Å². The van der Waals surface area contributed by atoms with Crippen molar-refractivity contribution in [1.29, 1.82) is 0 Å². The highest BCUT2D eigenvalue weighted by Crippen LogP contribution is 2.38. The van der Waals surface area contributed by atoms with Crippen LogP contribution in [0.3, 0.4) is 0 Å². The Labute approximate surface area is 190 Å². The van der Waals surface area contributed by atoms with Crippen LogP contribution in [0.4, 0.5) is 24.7 Å². The first kappa shape index (κ1) is 21.3. The average Bonchev–Trinajstić information content (AvgIpc) is 2.77. The molecule has 0 amide bonds. The van der Waals surface area contributed by atoms with Crippen molar-refractivity contribution in [3.8, 4) is 11.5 Å². The number of piperidine rings is 1. The molecule has 2 aliphatic rings. The Kier molecular flexibility index (Phi) is 5.58. The Balaban J connectivity index is 1.37. The summed E-state index contributed by atoms with van der Waals surface area (Å²) in [6.45, 7) is 1.49. The van der Waals surface area contributed by atoms with Crippen molar-refractivity contribution in [3.05, 3.63) is 46.9 Å². The van der Waals surface area contributed by atoms with Gasteiger partial charge in [0.05, 0.1) is 15.7 Å². The lowest BCUT2D eigenvalue weighted by atomic mass is 10.1. The van der Waals surface area contributed by atoms with Crippen LogP contribution < -0.4 is 14.8 Å². The Morgan fingerprint density at radius 2 is 1.97 bits per heavy atom. The van der Waals surface area contributed by atoms with Crippen molar-refractivity contribution in [2.75, 3.05) is 31.6 Å². The van der Waals surface area contributed by atoms with E-state index in [1.54, 1.807) is 30.3 Å². The van der Waals surface area contributed by atoms with E-state index in [1.165, 1.54) is 6.33 Å². The maximum atomic E-state index is 14.4. The van der Waals surface area contributed by atoms with Gasteiger partial charge in [0.15, 0.2) is 17.3 Å². The van der Waals surface area contributed by atoms with Crippen LogP contribution in [0.25, 0.3) is 10.9 Å². The van der Waals surface area contributed by atoms with E-state index >= 15 is 0 Å². The highest BCUT2D eigenvalue weighted by molar-refractivity contribution is 9.10. The lowest BCUT2D eigenvalue weighted by Gasteiger charge is -2.35. The highest BCUT2D eigenvalue weighted by Gasteiger charge is 2.35. The zero-order valence-corrected chi connectivity index (χ0v) is 18.5. The van der Waals surface area contributed by atoms with Gasteiger partial charge in [-0.05, 0) is 34.1 Å². The highest BCUT2D eigenvalue weighted by atomic mass is 79.9. The van der Waals surface area contributed by atoms with E-state index in [4.69, 9.17) is 9.47 Å². The molecule has 0 saturated carbocycles. The standard InChI is InChI=1S/C22H20BrF3N4O2/c23-15-2-1-3-16(20(15)24)29-21-14-8-19-18(9-17(14)27-12-28-21)31-11-13(32-19)10-30-6-4-22(25,26)5-7-30/h1-3,8-9,12-13H,4-7,10-11H2,(H,27,28,29)/t13-/m0/s1. The quantitative estimate of drug-likeness (QED) is 0.526. The molecule has 3 aromatic rings. The van der Waals surface area contributed by atoms with Gasteiger partial charge >= 0.3 is 0 Å². The molecule has 10 heteroatoms. The molecule has 1 saturated heterocycles. The second kappa shape index (κ2) is 8.40. The van der Waals surface area contributed by atoms with Crippen LogP contribution in [0, 0.1) is 5.82 Å². The zero-order chi connectivity index (χ0) is 22.3. The summed E-state index contributed by atoms with van der Waals surface area (Å²) in [4.78, 5) is 10.5. The van der Waals surface area contributed by atoms with Gasteiger partial charge < -0.3 is 14.8 Å². The van der Waals surface area contributed by atoms with Gasteiger partial charge in [0, 0.05) is 43.9 Å². The summed E-state index contributed by atoms with van der Waals surface area (Å²) in [7, 11) is 0. The molecular formula is C22H20BrF3N4O2. The van der Waals surface area contributed by atoms with Gasteiger partial charge in [-0.1, -0.05) is 6.07 Å². The molecule has 3 heterocycles. The molecule has 168 valence electrons. The van der Waals surface area contributed by atoms with E-state index in [1.807, 2.05) is 4.90 Å². The number of hydrogen-bond donors (Lipinski definition) is 1. The summed E-state index contributed by atoms with van der Waals surface area (Å²) in [6.07, 6.45) is 0.835. The number of nitrogens with zero attached hydrogens (tertiary/aromatic N) is 3. The van der Waals surface area contributed by atoms with Gasteiger partial charge in [0.2, 0.25) is 0 Å². The van der Waals surface area contributed by atoms with Crippen LogP contribution in [0.15, 0.2) is 41.1 Å². The summed E-state index contributed by atoms with van der Waals surface area (Å²) in [5, 5.41) is 3.66. The zero-order valence-electron chi connectivity index (χ0n) is 17.0. The second-order valence-corrected chi connectivity index (χ2v) is 8.83. The van der Waals surface area contributed by atoms with Crippen LogP contribution in [-0.2, 0) is 0 Å². The van der Waals surface area contributed by atoms with Gasteiger partial charge in [-0.15, -0.1) is 0 Å². The average molecular weight is 509 g/mol. The lowest BCUT2D eigenvalue weighted by molar-refractivity contribution is -0.0627. The number of benzene rings is 2. The second-order valence-electron chi connectivity index (χ2n) is 7.97. The van der Waals surface area contributed by atoms with Crippen molar-refractivity contribution in [2.24, 2.45) is 0 Å². The van der Waals surface area contributed by atoms with E-state index < -0.39 is 11.7 Å². The number of ether oxygens (including phenoxy) is 2. The largest absolute Gasteiger partial charge is 0.486 e. The van der Waals surface area contributed by atoms with E-state index in [0.29, 0.717) is 58.9 Å². The van der Waals surface area contributed by atoms with E-state index in [-0.39, 0.29) is 24.6 Å². The number of anilines is 2. The number of rotatable bonds is 4. The monoisotopic (exact) mass is 508 g/mol. The first-order chi connectivity index (χ1) is 15.4. The minimum absolute atomic E-state index is 0.139. The number of nitrogens with one attached hydrogen (secondary N) is 1. The predicted molar refractivity (Wildman–Crippen MR) is 117 cm³/mol. The van der Waals surface area contributed by atoms with Crippen LogP contribution in [0.1, 0.15) is 12.8 Å². The molecule has 0 spiro atoms. The topological polar surface area (TPSA) is 59.5 Å². The fourth-order valence-electron chi connectivity index (χ4n) is 3.93. The molecule has 32 heavy (non-hydrogen) atoms. The molecular weight excluding hydrogens is 489 g/mol. The van der Waals surface area contributed by atoms with Gasteiger partial charge in [-0.25, -0.2) is 23.1 Å². The molecule has 5 rings (SSSR count). The minimum atomic E-state index is -2.58. The lowest BCUT2D eigenvalue weighted by Crippen LogP contribution is -2.46. The van der Waals surface area contributed by atoms with Gasteiger partial charge in [0.25, 0.3) is 5.92 Å². The third-order valence-electron chi connectivity index (χ3n) is 5.67. The van der Waals surface area contributed by atoms with Crippen molar-refractivity contribution in [2.45, 2.75) is 24.9 Å². The van der Waals surface area contributed by atoms with Crippen molar-refractivity contribution < 1.29 is 22.6 Å². The number of hydrogen-bond acceptors (Lipinski definition) is 6. The first-order valence-corrected chi connectivity index (χ1v) is 11.1. The predicted octanol–water partition coefficient (Wildman–Crippen LogP) is 5.15. The molecule has 1 fully saturated rings. The van der Waals surface area contributed by atoms with Crippen molar-refractivity contribution in [1.82, 2.24) is 14.9 Å². The molecule has 1 aromatic heterocycles. The summed E-state index contributed by atoms with van der Waals surface area (Å²) < 4.78 is 53.6. The minimum Gasteiger partial charge on any atom is -0.486 e. The van der Waals surface area contributed by atoms with Gasteiger partial charge in [-0.3, -0.25) is 4.90 Å². The number of likely N-dealkylation sites (tertiary alicyclic amines) is 1. The Hall–Kier alpha value is -2.59. The molecule has 2 aromatic carbocycles. The van der Waals surface area contributed by atoms with Gasteiger partial charge in [-0.2, -0.15) is 0 Å². The SMILES string of the molecule is Fc1c(Br)cccc1Nc1ncnc2cc3c(cc12)O[C@@H](CN1CCC(F)(F)CC1)CO3. The molecule has 0 unspecified atom stereocenters. The summed E-state index contributed by atoms with van der Waals surface area (Å²) in [5.74, 6) is -1.51. The van der Waals surface area contributed by atoms with Crippen LogP contribution in [0.2, 0.25) is 0 Å². The van der Waals surface area contributed by atoms with Crippen molar-refractivity contribution >= 4 is 38.3 Å². The Bertz CT molecular complexity index is 1150. The fraction of sp³-hybridized carbons (Fsp3) is 0.364. The third-order valence-corrected chi connectivity index (χ3v) is 6.29. The summed E-state index contributed by atoms with van der Waals surface area (Å²) in [5.41, 5.74) is 0.894. The molecule has 1 atom stereocenters. The van der Waals surface area contributed by atoms with Crippen LogP contribution in [0.5, 0.6) is 11.5 Å². The molecule has 6 nitrogen and oxygen atoms in total. The van der Waals surface area contributed by atoms with E-state index in [0.717, 1.165) is 0 Å². The van der Waals surface area contributed by atoms with Crippen molar-refractivity contribution in [3.63, 3.8) is 0 Å². The third kappa shape index (κ3) is 4.33. The van der Waals surface area contributed by atoms with Gasteiger partial charge in [0.1, 0.15) is 24.9 Å². The maximum absolute atomic E-state index is 14.4. The van der Waals surface area contributed by atoms with Crippen LogP contribution >= 0.6 is 15.9 Å². The maximum Gasteiger partial charge on any atom is 0.250 e. The Morgan fingerprint density at radius 3 is 2.78 bits per heavy atom. The molecule has 1 N–H and O–H groups in total. The summed E-state index contributed by atoms with van der Waals surface area (Å²) in [6, 6.07) is 8.47. The molecule has 0 bridgehead atoms. The normalized spacial score (nSPS) is 20.3. The molecule has 0 radical (unpaired) electrons. The Morgan fingerprint density at radius 1 is 1.16 bits per heavy atom. The van der Waals surface area contributed by atoms with Crippen LogP contribution in [-0.4, -0.2) is 53.1 Å². The fourth-order valence-corrected chi connectivity index (χ4v) is 4.30. The molecule has 0 aliphatic carbocycles. The first-order valence-electron chi connectivity index (χ1n) is 10.3. The molecule has 2 aliphatic heterocycles. The van der Waals surface area contributed by atoms with E-state index in [9.17, 15) is 13.2 Å². The number of alkyl halides is 2.